The van der Waals surface area contributed by atoms with Crippen molar-refractivity contribution in [3.63, 3.8) is 0 Å². The first-order valence-corrected chi connectivity index (χ1v) is 9.03. The van der Waals surface area contributed by atoms with Gasteiger partial charge in [-0.3, -0.25) is 4.79 Å². The summed E-state index contributed by atoms with van der Waals surface area (Å²) in [4.78, 5) is 18.4. The van der Waals surface area contributed by atoms with E-state index in [9.17, 15) is 4.79 Å². The monoisotopic (exact) mass is 371 g/mol. The number of hydrogen-bond acceptors (Lipinski definition) is 4. The van der Waals surface area contributed by atoms with Gasteiger partial charge in [0.05, 0.1) is 11.4 Å². The number of nitrogens with one attached hydrogen (secondary N) is 1. The molecule has 2 aromatic carbocycles. The van der Waals surface area contributed by atoms with Crippen LogP contribution in [0.5, 0.6) is 0 Å². The molecule has 4 rings (SSSR count). The van der Waals surface area contributed by atoms with Crippen LogP contribution in [0.4, 0.5) is 11.5 Å². The van der Waals surface area contributed by atoms with Gasteiger partial charge in [0.2, 0.25) is 0 Å². The number of carbonyl (C=O) groups excluding carboxylic acids is 1. The highest BCUT2D eigenvalue weighted by molar-refractivity contribution is 5.94. The van der Waals surface area contributed by atoms with Crippen LogP contribution < -0.4 is 5.32 Å². The number of anilines is 2. The molecule has 6 nitrogen and oxygen atoms in total. The quantitative estimate of drug-likeness (QED) is 0.585. The molecule has 0 fully saturated rings. The average molecular weight is 371 g/mol. The number of rotatable bonds is 4. The standard InChI is InChI=1S/C22H21N5O/c1-15-13-20-24-19(16-7-5-4-6-8-16)14-21(27(20)25-15)23-18-11-9-17(10-12-18)22(28)26(2)3/h4-14,23H,1-3H3. The molecule has 1 N–H and O–H groups in total. The average Bonchev–Trinajstić information content (AvgIpc) is 3.09. The molecule has 0 aliphatic carbocycles. The van der Waals surface area contributed by atoms with Crippen molar-refractivity contribution >= 4 is 23.1 Å². The maximum absolute atomic E-state index is 12.1. The molecule has 0 bridgehead atoms. The van der Waals surface area contributed by atoms with Gasteiger partial charge in [-0.15, -0.1) is 0 Å². The summed E-state index contributed by atoms with van der Waals surface area (Å²) in [6.07, 6.45) is 0. The van der Waals surface area contributed by atoms with Crippen molar-refractivity contribution in [3.05, 3.63) is 78.0 Å². The van der Waals surface area contributed by atoms with Crippen molar-refractivity contribution in [2.24, 2.45) is 0 Å². The normalized spacial score (nSPS) is 10.8. The van der Waals surface area contributed by atoms with E-state index >= 15 is 0 Å². The summed E-state index contributed by atoms with van der Waals surface area (Å²) < 4.78 is 1.79. The van der Waals surface area contributed by atoms with Crippen LogP contribution in [0.3, 0.4) is 0 Å². The first kappa shape index (κ1) is 17.7. The smallest absolute Gasteiger partial charge is 0.253 e. The minimum Gasteiger partial charge on any atom is -0.345 e. The van der Waals surface area contributed by atoms with Crippen LogP contribution >= 0.6 is 0 Å². The summed E-state index contributed by atoms with van der Waals surface area (Å²) in [5.41, 5.74) is 5.10. The summed E-state index contributed by atoms with van der Waals surface area (Å²) in [7, 11) is 3.49. The Morgan fingerprint density at radius 3 is 2.39 bits per heavy atom. The lowest BCUT2D eigenvalue weighted by molar-refractivity contribution is 0.0827. The molecule has 0 saturated heterocycles. The molecule has 0 spiro atoms. The van der Waals surface area contributed by atoms with E-state index in [4.69, 9.17) is 4.98 Å². The Hall–Kier alpha value is -3.67. The van der Waals surface area contributed by atoms with Crippen LogP contribution in [0.2, 0.25) is 0 Å². The van der Waals surface area contributed by atoms with Gasteiger partial charge in [-0.25, -0.2) is 4.98 Å². The number of fused-ring (bicyclic) bond motifs is 1. The van der Waals surface area contributed by atoms with Gasteiger partial charge < -0.3 is 10.2 Å². The number of amides is 1. The third kappa shape index (κ3) is 3.44. The van der Waals surface area contributed by atoms with E-state index < -0.39 is 0 Å². The molecular formula is C22H21N5O. The van der Waals surface area contributed by atoms with Crippen molar-refractivity contribution in [1.82, 2.24) is 19.5 Å². The van der Waals surface area contributed by atoms with Crippen LogP contribution in [0.25, 0.3) is 16.9 Å². The molecule has 6 heteroatoms. The van der Waals surface area contributed by atoms with E-state index in [1.165, 1.54) is 0 Å². The maximum atomic E-state index is 12.1. The Kier molecular flexibility index (Phi) is 4.53. The lowest BCUT2D eigenvalue weighted by atomic mass is 10.1. The third-order valence-corrected chi connectivity index (χ3v) is 4.43. The Morgan fingerprint density at radius 2 is 1.71 bits per heavy atom. The number of benzene rings is 2. The van der Waals surface area contributed by atoms with Crippen LogP contribution in [-0.2, 0) is 0 Å². The molecule has 0 saturated carbocycles. The molecule has 140 valence electrons. The number of carbonyl (C=O) groups is 1. The Morgan fingerprint density at radius 1 is 1.00 bits per heavy atom. The lowest BCUT2D eigenvalue weighted by Crippen LogP contribution is -2.21. The summed E-state index contributed by atoms with van der Waals surface area (Å²) in [5.74, 6) is 0.788. The molecule has 28 heavy (non-hydrogen) atoms. The van der Waals surface area contributed by atoms with Crippen molar-refractivity contribution < 1.29 is 4.79 Å². The third-order valence-electron chi connectivity index (χ3n) is 4.43. The van der Waals surface area contributed by atoms with Gasteiger partial charge in [0.25, 0.3) is 5.91 Å². The van der Waals surface area contributed by atoms with Crippen molar-refractivity contribution in [2.45, 2.75) is 6.92 Å². The largest absolute Gasteiger partial charge is 0.345 e. The molecule has 4 aromatic rings. The second kappa shape index (κ2) is 7.15. The summed E-state index contributed by atoms with van der Waals surface area (Å²) in [6, 6.07) is 21.4. The zero-order chi connectivity index (χ0) is 19.7. The summed E-state index contributed by atoms with van der Waals surface area (Å²) in [6.45, 7) is 1.95. The molecule has 0 radical (unpaired) electrons. The summed E-state index contributed by atoms with van der Waals surface area (Å²) >= 11 is 0. The number of hydrogen-bond donors (Lipinski definition) is 1. The molecule has 2 aromatic heterocycles. The molecule has 0 atom stereocenters. The molecule has 0 unspecified atom stereocenters. The van der Waals surface area contributed by atoms with Crippen LogP contribution in [0.1, 0.15) is 16.1 Å². The highest BCUT2D eigenvalue weighted by atomic mass is 16.2. The van der Waals surface area contributed by atoms with E-state index in [0.29, 0.717) is 5.56 Å². The maximum Gasteiger partial charge on any atom is 0.253 e. The molecular weight excluding hydrogens is 350 g/mol. The van der Waals surface area contributed by atoms with Gasteiger partial charge in [-0.05, 0) is 31.2 Å². The fraction of sp³-hybridized carbons (Fsp3) is 0.136. The molecule has 0 aliphatic rings. The molecule has 1 amide bonds. The topological polar surface area (TPSA) is 62.5 Å². The van der Waals surface area contributed by atoms with Gasteiger partial charge in [0.1, 0.15) is 5.82 Å². The van der Waals surface area contributed by atoms with Gasteiger partial charge in [-0.1, -0.05) is 30.3 Å². The predicted molar refractivity (Wildman–Crippen MR) is 111 cm³/mol. The highest BCUT2D eigenvalue weighted by Gasteiger charge is 2.11. The van der Waals surface area contributed by atoms with Gasteiger partial charge in [0, 0.05) is 43.0 Å². The van der Waals surface area contributed by atoms with E-state index in [0.717, 1.165) is 34.1 Å². The first-order chi connectivity index (χ1) is 13.5. The SMILES string of the molecule is Cc1cc2nc(-c3ccccc3)cc(Nc3ccc(C(=O)N(C)C)cc3)n2n1. The van der Waals surface area contributed by atoms with E-state index in [1.54, 1.807) is 23.5 Å². The Labute approximate surface area is 163 Å². The van der Waals surface area contributed by atoms with Gasteiger partial charge in [-0.2, -0.15) is 9.61 Å². The zero-order valence-electron chi connectivity index (χ0n) is 16.0. The predicted octanol–water partition coefficient (Wildman–Crippen LogP) is 4.15. The zero-order valence-corrected chi connectivity index (χ0v) is 16.0. The van der Waals surface area contributed by atoms with Gasteiger partial charge >= 0.3 is 0 Å². The number of aromatic nitrogens is 3. The van der Waals surface area contributed by atoms with E-state index in [1.807, 2.05) is 73.7 Å². The van der Waals surface area contributed by atoms with Crippen LogP contribution in [-0.4, -0.2) is 39.5 Å². The number of aryl methyl sites for hydroxylation is 1. The lowest BCUT2D eigenvalue weighted by Gasteiger charge is -2.13. The Balaban J connectivity index is 1.72. The van der Waals surface area contributed by atoms with Crippen molar-refractivity contribution in [1.29, 1.82) is 0 Å². The van der Waals surface area contributed by atoms with Gasteiger partial charge in [0.15, 0.2) is 5.65 Å². The van der Waals surface area contributed by atoms with E-state index in [2.05, 4.69) is 10.4 Å². The first-order valence-electron chi connectivity index (χ1n) is 9.03. The summed E-state index contributed by atoms with van der Waals surface area (Å²) in [5, 5.41) is 7.95. The van der Waals surface area contributed by atoms with Crippen LogP contribution in [0.15, 0.2) is 66.7 Å². The highest BCUT2D eigenvalue weighted by Crippen LogP contribution is 2.25. The minimum absolute atomic E-state index is 0.0214. The minimum atomic E-state index is -0.0214. The molecule has 2 heterocycles. The molecule has 0 aliphatic heterocycles. The fourth-order valence-corrected chi connectivity index (χ4v) is 3.04. The number of nitrogens with zero attached hydrogens (tertiary/aromatic N) is 4. The van der Waals surface area contributed by atoms with Crippen molar-refractivity contribution in [2.75, 3.05) is 19.4 Å². The second-order valence-electron chi connectivity index (χ2n) is 6.85. The van der Waals surface area contributed by atoms with Crippen molar-refractivity contribution in [3.8, 4) is 11.3 Å². The Bertz CT molecular complexity index is 1130. The fourth-order valence-electron chi connectivity index (χ4n) is 3.04. The van der Waals surface area contributed by atoms with Crippen LogP contribution in [0, 0.1) is 6.92 Å². The second-order valence-corrected chi connectivity index (χ2v) is 6.85. The van der Waals surface area contributed by atoms with E-state index in [-0.39, 0.29) is 5.91 Å².